The van der Waals surface area contributed by atoms with Crippen LogP contribution in [0.4, 0.5) is 21.8 Å². The van der Waals surface area contributed by atoms with Gasteiger partial charge in [-0.1, -0.05) is 6.07 Å². The van der Waals surface area contributed by atoms with E-state index in [1.54, 1.807) is 12.3 Å². The van der Waals surface area contributed by atoms with E-state index in [1.165, 1.54) is 6.07 Å². The molecule has 0 amide bonds. The van der Waals surface area contributed by atoms with Crippen LogP contribution in [0.25, 0.3) is 0 Å². The maximum Gasteiger partial charge on any atom is 0.227 e. The standard InChI is InChI=1S/C20H23FN6O/c21-17-4-1-5-18(16(17)13-22)27-8-2-3-15(14-27)24-19-6-7-23-20(25-19)26-9-11-28-12-10-26/h1,4-7,15H,2-3,8-12,14H2,(H,23,24,25). The zero-order valence-corrected chi connectivity index (χ0v) is 15.6. The molecule has 1 atom stereocenters. The molecule has 1 aromatic carbocycles. The third-order valence-corrected chi connectivity index (χ3v) is 5.15. The lowest BCUT2D eigenvalue weighted by molar-refractivity contribution is 0.122. The highest BCUT2D eigenvalue weighted by molar-refractivity contribution is 5.60. The Hall–Kier alpha value is -2.92. The molecule has 0 saturated carbocycles. The number of halogens is 1. The largest absolute Gasteiger partial charge is 0.378 e. The first-order valence-corrected chi connectivity index (χ1v) is 9.60. The van der Waals surface area contributed by atoms with Crippen LogP contribution in [0.1, 0.15) is 18.4 Å². The van der Waals surface area contributed by atoms with Crippen molar-refractivity contribution in [1.82, 2.24) is 9.97 Å². The summed E-state index contributed by atoms with van der Waals surface area (Å²) in [7, 11) is 0. The predicted molar refractivity (Wildman–Crippen MR) is 105 cm³/mol. The topological polar surface area (TPSA) is 77.3 Å². The van der Waals surface area contributed by atoms with Crippen LogP contribution in [0.2, 0.25) is 0 Å². The fraction of sp³-hybridized carbons (Fsp3) is 0.450. The number of aromatic nitrogens is 2. The molecule has 2 aliphatic heterocycles. The van der Waals surface area contributed by atoms with Gasteiger partial charge in [-0.15, -0.1) is 0 Å². The number of piperidine rings is 1. The SMILES string of the molecule is N#Cc1c(F)cccc1N1CCCC(Nc2ccnc(N3CCOCC3)n2)C1. The van der Waals surface area contributed by atoms with Gasteiger partial charge < -0.3 is 19.9 Å². The average Bonchev–Trinajstić information content (AvgIpc) is 2.74. The molecule has 2 fully saturated rings. The van der Waals surface area contributed by atoms with Crippen LogP contribution >= 0.6 is 0 Å². The van der Waals surface area contributed by atoms with Gasteiger partial charge in [0.05, 0.1) is 18.9 Å². The maximum atomic E-state index is 14.0. The van der Waals surface area contributed by atoms with Crippen LogP contribution in [0.15, 0.2) is 30.5 Å². The summed E-state index contributed by atoms with van der Waals surface area (Å²) >= 11 is 0. The molecule has 8 heteroatoms. The highest BCUT2D eigenvalue weighted by Gasteiger charge is 2.23. The molecule has 0 bridgehead atoms. The van der Waals surface area contributed by atoms with E-state index in [9.17, 15) is 9.65 Å². The molecule has 4 rings (SSSR count). The number of hydrogen-bond acceptors (Lipinski definition) is 7. The lowest BCUT2D eigenvalue weighted by atomic mass is 10.0. The van der Waals surface area contributed by atoms with Crippen molar-refractivity contribution in [2.75, 3.05) is 54.5 Å². The van der Waals surface area contributed by atoms with Gasteiger partial charge in [-0.05, 0) is 31.0 Å². The zero-order chi connectivity index (χ0) is 19.3. The summed E-state index contributed by atoms with van der Waals surface area (Å²) < 4.78 is 19.4. The molecule has 1 aromatic heterocycles. The zero-order valence-electron chi connectivity index (χ0n) is 15.6. The Morgan fingerprint density at radius 3 is 2.86 bits per heavy atom. The molecule has 0 spiro atoms. The van der Waals surface area contributed by atoms with Gasteiger partial charge in [0.15, 0.2) is 0 Å². The minimum Gasteiger partial charge on any atom is -0.378 e. The van der Waals surface area contributed by atoms with Gasteiger partial charge >= 0.3 is 0 Å². The number of nitrogens with zero attached hydrogens (tertiary/aromatic N) is 5. The summed E-state index contributed by atoms with van der Waals surface area (Å²) in [5, 5.41) is 12.8. The Morgan fingerprint density at radius 1 is 1.18 bits per heavy atom. The Labute approximate surface area is 163 Å². The Bertz CT molecular complexity index is 864. The second-order valence-corrected chi connectivity index (χ2v) is 7.02. The van der Waals surface area contributed by atoms with Crippen LogP contribution in [-0.2, 0) is 4.74 Å². The summed E-state index contributed by atoms with van der Waals surface area (Å²) in [6.07, 6.45) is 3.71. The third-order valence-electron chi connectivity index (χ3n) is 5.15. The summed E-state index contributed by atoms with van der Waals surface area (Å²) in [5.41, 5.74) is 0.769. The molecule has 146 valence electrons. The Morgan fingerprint density at radius 2 is 2.04 bits per heavy atom. The number of nitrogens with one attached hydrogen (secondary N) is 1. The smallest absolute Gasteiger partial charge is 0.227 e. The van der Waals surface area contributed by atoms with Crippen molar-refractivity contribution >= 4 is 17.5 Å². The first-order valence-electron chi connectivity index (χ1n) is 9.60. The molecule has 28 heavy (non-hydrogen) atoms. The second kappa shape index (κ2) is 8.40. The molecular formula is C20H23FN6O. The van der Waals surface area contributed by atoms with E-state index >= 15 is 0 Å². The van der Waals surface area contributed by atoms with E-state index < -0.39 is 5.82 Å². The molecule has 2 aliphatic rings. The van der Waals surface area contributed by atoms with E-state index in [2.05, 4.69) is 25.1 Å². The molecule has 1 N–H and O–H groups in total. The van der Waals surface area contributed by atoms with Crippen molar-refractivity contribution in [3.63, 3.8) is 0 Å². The van der Waals surface area contributed by atoms with Crippen molar-refractivity contribution in [3.8, 4) is 6.07 Å². The van der Waals surface area contributed by atoms with Crippen LogP contribution in [0.3, 0.4) is 0 Å². The van der Waals surface area contributed by atoms with Gasteiger partial charge in [-0.2, -0.15) is 10.2 Å². The summed E-state index contributed by atoms with van der Waals surface area (Å²) in [6.45, 7) is 4.45. The number of nitriles is 1. The minimum atomic E-state index is -0.471. The fourth-order valence-corrected chi connectivity index (χ4v) is 3.75. The Balaban J connectivity index is 1.46. The summed E-state index contributed by atoms with van der Waals surface area (Å²) in [6, 6.07) is 8.82. The van der Waals surface area contributed by atoms with Crippen molar-refractivity contribution in [1.29, 1.82) is 5.26 Å². The molecule has 0 radical (unpaired) electrons. The lowest BCUT2D eigenvalue weighted by Gasteiger charge is -2.35. The molecule has 3 heterocycles. The normalized spacial score (nSPS) is 19.9. The quantitative estimate of drug-likeness (QED) is 0.870. The van der Waals surface area contributed by atoms with E-state index in [4.69, 9.17) is 4.74 Å². The van der Waals surface area contributed by atoms with Gasteiger partial charge in [0.25, 0.3) is 0 Å². The summed E-state index contributed by atoms with van der Waals surface area (Å²) in [4.78, 5) is 13.2. The first kappa shape index (κ1) is 18.4. The van der Waals surface area contributed by atoms with Crippen LogP contribution < -0.4 is 15.1 Å². The van der Waals surface area contributed by atoms with Gasteiger partial charge in [0.1, 0.15) is 23.3 Å². The number of hydrogen-bond donors (Lipinski definition) is 1. The van der Waals surface area contributed by atoms with Crippen molar-refractivity contribution < 1.29 is 9.13 Å². The van der Waals surface area contributed by atoms with E-state index in [0.29, 0.717) is 31.4 Å². The average molecular weight is 382 g/mol. The minimum absolute atomic E-state index is 0.111. The van der Waals surface area contributed by atoms with Gasteiger partial charge in [-0.3, -0.25) is 0 Å². The predicted octanol–water partition coefficient (Wildman–Crippen LogP) is 2.40. The highest BCUT2D eigenvalue weighted by Crippen LogP contribution is 2.26. The van der Waals surface area contributed by atoms with E-state index in [0.717, 1.165) is 38.3 Å². The molecule has 2 saturated heterocycles. The van der Waals surface area contributed by atoms with Crippen molar-refractivity contribution in [2.24, 2.45) is 0 Å². The van der Waals surface area contributed by atoms with Crippen molar-refractivity contribution in [2.45, 2.75) is 18.9 Å². The fourth-order valence-electron chi connectivity index (χ4n) is 3.75. The van der Waals surface area contributed by atoms with Gasteiger partial charge in [0.2, 0.25) is 5.95 Å². The number of benzene rings is 1. The van der Waals surface area contributed by atoms with Crippen LogP contribution in [0.5, 0.6) is 0 Å². The molecule has 2 aromatic rings. The number of anilines is 3. The summed E-state index contributed by atoms with van der Waals surface area (Å²) in [5.74, 6) is 1.02. The van der Waals surface area contributed by atoms with Crippen LogP contribution in [0, 0.1) is 17.1 Å². The number of rotatable bonds is 4. The molecule has 1 unspecified atom stereocenters. The van der Waals surface area contributed by atoms with Crippen molar-refractivity contribution in [3.05, 3.63) is 41.8 Å². The first-order chi connectivity index (χ1) is 13.7. The Kier molecular flexibility index (Phi) is 5.53. The monoisotopic (exact) mass is 382 g/mol. The second-order valence-electron chi connectivity index (χ2n) is 7.02. The lowest BCUT2D eigenvalue weighted by Crippen LogP contribution is -2.43. The van der Waals surface area contributed by atoms with E-state index in [-0.39, 0.29) is 11.6 Å². The van der Waals surface area contributed by atoms with Gasteiger partial charge in [0, 0.05) is 38.4 Å². The van der Waals surface area contributed by atoms with E-state index in [1.807, 2.05) is 18.2 Å². The number of morpholine rings is 1. The maximum absolute atomic E-state index is 14.0. The third kappa shape index (κ3) is 3.99. The van der Waals surface area contributed by atoms with Gasteiger partial charge in [-0.25, -0.2) is 9.37 Å². The number of ether oxygens (including phenoxy) is 1. The molecular weight excluding hydrogens is 359 g/mol. The molecule has 7 nitrogen and oxygen atoms in total. The molecule has 0 aliphatic carbocycles. The van der Waals surface area contributed by atoms with Crippen LogP contribution in [-0.4, -0.2) is 55.4 Å². The highest BCUT2D eigenvalue weighted by atomic mass is 19.1.